The van der Waals surface area contributed by atoms with Crippen molar-refractivity contribution in [2.75, 3.05) is 46.0 Å². The van der Waals surface area contributed by atoms with Crippen LogP contribution in [-0.2, 0) is 22.6 Å². The van der Waals surface area contributed by atoms with Crippen molar-refractivity contribution in [3.05, 3.63) is 35.4 Å². The summed E-state index contributed by atoms with van der Waals surface area (Å²) in [5.41, 5.74) is 2.72. The van der Waals surface area contributed by atoms with Gasteiger partial charge in [0.15, 0.2) is 5.96 Å². The first kappa shape index (κ1) is 22.1. The number of likely N-dealkylation sites (tertiary alicyclic amines) is 1. The van der Waals surface area contributed by atoms with E-state index in [2.05, 4.69) is 46.7 Å². The quantitative estimate of drug-likeness (QED) is 0.358. The van der Waals surface area contributed by atoms with Gasteiger partial charge in [0, 0.05) is 32.8 Å². The molecule has 1 unspecified atom stereocenters. The maximum Gasteiger partial charge on any atom is 0.191 e. The lowest BCUT2D eigenvalue weighted by Gasteiger charge is -2.27. The number of rotatable bonds is 10. The van der Waals surface area contributed by atoms with Crippen LogP contribution in [0.4, 0.5) is 0 Å². The molecule has 0 aromatic heterocycles. The first-order valence-electron chi connectivity index (χ1n) is 11.4. The Morgan fingerprint density at radius 1 is 1.17 bits per heavy atom. The molecular weight excluding hydrogens is 364 g/mol. The Balaban J connectivity index is 1.46. The van der Waals surface area contributed by atoms with Gasteiger partial charge in [0.05, 0.1) is 19.3 Å². The molecule has 1 atom stereocenters. The molecule has 0 saturated carbocycles. The average molecular weight is 403 g/mol. The zero-order valence-electron chi connectivity index (χ0n) is 18.0. The van der Waals surface area contributed by atoms with Crippen LogP contribution in [0.2, 0.25) is 0 Å². The second-order valence-electron chi connectivity index (χ2n) is 7.94. The molecule has 29 heavy (non-hydrogen) atoms. The first-order valence-corrected chi connectivity index (χ1v) is 11.4. The van der Waals surface area contributed by atoms with Crippen LogP contribution in [0.25, 0.3) is 0 Å². The van der Waals surface area contributed by atoms with Gasteiger partial charge in [-0.1, -0.05) is 30.7 Å². The summed E-state index contributed by atoms with van der Waals surface area (Å²) >= 11 is 0. The molecule has 2 fully saturated rings. The minimum absolute atomic E-state index is 0.285. The molecule has 2 heterocycles. The number of ether oxygens (including phenoxy) is 2. The molecule has 2 aliphatic rings. The Morgan fingerprint density at radius 2 is 2.00 bits per heavy atom. The van der Waals surface area contributed by atoms with E-state index in [-0.39, 0.29) is 6.10 Å². The van der Waals surface area contributed by atoms with Gasteiger partial charge in [-0.2, -0.15) is 0 Å². The zero-order chi connectivity index (χ0) is 20.2. The molecule has 3 rings (SSSR count). The molecule has 0 aliphatic carbocycles. The molecule has 1 aromatic rings. The van der Waals surface area contributed by atoms with Gasteiger partial charge in [-0.15, -0.1) is 0 Å². The van der Waals surface area contributed by atoms with Crippen molar-refractivity contribution >= 4 is 5.96 Å². The normalized spacial score (nSPS) is 20.7. The number of nitrogens with one attached hydrogen (secondary N) is 2. The van der Waals surface area contributed by atoms with Gasteiger partial charge >= 0.3 is 0 Å². The molecule has 162 valence electrons. The number of nitrogens with zero attached hydrogens (tertiary/aromatic N) is 2. The molecule has 6 heteroatoms. The minimum Gasteiger partial charge on any atom is -0.379 e. The average Bonchev–Trinajstić information content (AvgIpc) is 3.27. The lowest BCUT2D eigenvalue weighted by Crippen LogP contribution is -2.38. The SMILES string of the molecule is CCNC(=NCc1ccccc1CN1CCCCC1)NCCCOC1CCOC1. The highest BCUT2D eigenvalue weighted by Gasteiger charge is 2.15. The Labute approximate surface area is 176 Å². The lowest BCUT2D eigenvalue weighted by atomic mass is 10.1. The van der Waals surface area contributed by atoms with Crippen LogP contribution < -0.4 is 10.6 Å². The second kappa shape index (κ2) is 12.8. The van der Waals surface area contributed by atoms with Gasteiger partial charge in [-0.3, -0.25) is 4.90 Å². The summed E-state index contributed by atoms with van der Waals surface area (Å²) < 4.78 is 11.2. The number of piperidine rings is 1. The second-order valence-corrected chi connectivity index (χ2v) is 7.94. The first-order chi connectivity index (χ1) is 14.3. The van der Waals surface area contributed by atoms with Crippen molar-refractivity contribution in [1.29, 1.82) is 0 Å². The van der Waals surface area contributed by atoms with Crippen molar-refractivity contribution < 1.29 is 9.47 Å². The van der Waals surface area contributed by atoms with Gasteiger partial charge in [-0.25, -0.2) is 4.99 Å². The molecule has 0 radical (unpaired) electrons. The summed E-state index contributed by atoms with van der Waals surface area (Å²) in [7, 11) is 0. The van der Waals surface area contributed by atoms with Crippen molar-refractivity contribution in [2.24, 2.45) is 4.99 Å². The highest BCUT2D eigenvalue weighted by atomic mass is 16.5. The van der Waals surface area contributed by atoms with Gasteiger partial charge in [-0.05, 0) is 56.8 Å². The summed E-state index contributed by atoms with van der Waals surface area (Å²) in [5, 5.41) is 6.79. The molecule has 2 N–H and O–H groups in total. The predicted octanol–water partition coefficient (Wildman–Crippen LogP) is 2.92. The smallest absolute Gasteiger partial charge is 0.191 e. The van der Waals surface area contributed by atoms with E-state index < -0.39 is 0 Å². The van der Waals surface area contributed by atoms with E-state index in [1.807, 2.05) is 0 Å². The maximum atomic E-state index is 5.83. The molecule has 0 bridgehead atoms. The number of benzene rings is 1. The van der Waals surface area contributed by atoms with Gasteiger partial charge < -0.3 is 20.1 Å². The fourth-order valence-corrected chi connectivity index (χ4v) is 3.90. The van der Waals surface area contributed by atoms with E-state index in [4.69, 9.17) is 14.5 Å². The fourth-order valence-electron chi connectivity index (χ4n) is 3.90. The zero-order valence-corrected chi connectivity index (χ0v) is 18.0. The predicted molar refractivity (Wildman–Crippen MR) is 118 cm³/mol. The molecule has 6 nitrogen and oxygen atoms in total. The molecule has 2 aliphatic heterocycles. The van der Waals surface area contributed by atoms with E-state index in [0.717, 1.165) is 58.3 Å². The summed E-state index contributed by atoms with van der Waals surface area (Å²) in [4.78, 5) is 7.40. The molecule has 2 saturated heterocycles. The third-order valence-corrected chi connectivity index (χ3v) is 5.57. The van der Waals surface area contributed by atoms with Crippen molar-refractivity contribution in [1.82, 2.24) is 15.5 Å². The molecule has 0 spiro atoms. The number of hydrogen-bond acceptors (Lipinski definition) is 4. The highest BCUT2D eigenvalue weighted by Crippen LogP contribution is 2.17. The largest absolute Gasteiger partial charge is 0.379 e. The van der Waals surface area contributed by atoms with Crippen LogP contribution in [-0.4, -0.2) is 63.0 Å². The molecule has 1 aromatic carbocycles. The van der Waals surface area contributed by atoms with Gasteiger partial charge in [0.2, 0.25) is 0 Å². The van der Waals surface area contributed by atoms with E-state index in [1.54, 1.807) is 0 Å². The maximum absolute atomic E-state index is 5.83. The van der Waals surface area contributed by atoms with Crippen LogP contribution >= 0.6 is 0 Å². The van der Waals surface area contributed by atoms with Gasteiger partial charge in [0.1, 0.15) is 0 Å². The molecular formula is C23H38N4O2. The Kier molecular flexibility index (Phi) is 9.76. The Morgan fingerprint density at radius 3 is 2.76 bits per heavy atom. The van der Waals surface area contributed by atoms with Gasteiger partial charge in [0.25, 0.3) is 0 Å². The highest BCUT2D eigenvalue weighted by molar-refractivity contribution is 5.79. The van der Waals surface area contributed by atoms with Crippen LogP contribution in [0, 0.1) is 0 Å². The van der Waals surface area contributed by atoms with E-state index in [9.17, 15) is 0 Å². The standard InChI is InChI=1S/C23H38N4O2/c1-2-24-23(25-12-8-15-29-22-11-16-28-19-22)26-17-20-9-4-5-10-21(20)18-27-13-6-3-7-14-27/h4-5,9-10,22H,2-3,6-8,11-19H2,1H3,(H2,24,25,26). The number of aliphatic imine (C=N–C) groups is 1. The van der Waals surface area contributed by atoms with Crippen LogP contribution in [0.1, 0.15) is 50.2 Å². The van der Waals surface area contributed by atoms with Crippen LogP contribution in [0.5, 0.6) is 0 Å². The van der Waals surface area contributed by atoms with E-state index >= 15 is 0 Å². The molecule has 0 amide bonds. The summed E-state index contributed by atoms with van der Waals surface area (Å²) in [6.45, 7) is 10.3. The monoisotopic (exact) mass is 402 g/mol. The fraction of sp³-hybridized carbons (Fsp3) is 0.696. The van der Waals surface area contributed by atoms with E-state index in [0.29, 0.717) is 6.54 Å². The Bertz CT molecular complexity index is 611. The summed E-state index contributed by atoms with van der Waals surface area (Å²) in [6, 6.07) is 8.73. The van der Waals surface area contributed by atoms with Crippen LogP contribution in [0.15, 0.2) is 29.3 Å². The summed E-state index contributed by atoms with van der Waals surface area (Å²) in [6.07, 6.45) is 6.30. The third kappa shape index (κ3) is 7.96. The Hall–Kier alpha value is -1.63. The van der Waals surface area contributed by atoms with E-state index in [1.165, 1.54) is 43.5 Å². The lowest BCUT2D eigenvalue weighted by molar-refractivity contribution is 0.0420. The van der Waals surface area contributed by atoms with Crippen LogP contribution in [0.3, 0.4) is 0 Å². The van der Waals surface area contributed by atoms with Crippen molar-refractivity contribution in [3.8, 4) is 0 Å². The third-order valence-electron chi connectivity index (χ3n) is 5.57. The van der Waals surface area contributed by atoms with Crippen molar-refractivity contribution in [2.45, 2.75) is 58.2 Å². The van der Waals surface area contributed by atoms with Crippen molar-refractivity contribution in [3.63, 3.8) is 0 Å². The topological polar surface area (TPSA) is 58.1 Å². The number of hydrogen-bond donors (Lipinski definition) is 2. The minimum atomic E-state index is 0.285. The summed E-state index contributed by atoms with van der Waals surface area (Å²) in [5.74, 6) is 0.879. The number of guanidine groups is 1.